The van der Waals surface area contributed by atoms with Crippen molar-refractivity contribution in [2.75, 3.05) is 11.5 Å². The molecule has 0 aliphatic carbocycles. The van der Waals surface area contributed by atoms with Gasteiger partial charge in [0.15, 0.2) is 0 Å². The lowest BCUT2D eigenvalue weighted by Gasteiger charge is -2.22. The van der Waals surface area contributed by atoms with E-state index in [0.29, 0.717) is 0 Å². The van der Waals surface area contributed by atoms with Crippen LogP contribution in [-0.4, -0.2) is 17.5 Å². The zero-order chi connectivity index (χ0) is 10.5. The molecule has 15 heavy (non-hydrogen) atoms. The maximum Gasteiger partial charge on any atom is 0.0302 e. The predicted octanol–water partition coefficient (Wildman–Crippen LogP) is 3.30. The van der Waals surface area contributed by atoms with Crippen molar-refractivity contribution in [2.45, 2.75) is 38.8 Å². The highest BCUT2D eigenvalue weighted by Crippen LogP contribution is 2.19. The molecule has 2 rings (SSSR count). The van der Waals surface area contributed by atoms with E-state index in [2.05, 4.69) is 36.1 Å². The summed E-state index contributed by atoms with van der Waals surface area (Å²) in [6, 6.07) is 5.28. The van der Waals surface area contributed by atoms with Crippen LogP contribution in [0.4, 0.5) is 0 Å². The minimum absolute atomic E-state index is 0.746. The summed E-state index contributed by atoms with van der Waals surface area (Å²) in [5.41, 5.74) is 0. The number of rotatable bonds is 4. The van der Waals surface area contributed by atoms with Crippen molar-refractivity contribution < 1.29 is 0 Å². The summed E-state index contributed by atoms with van der Waals surface area (Å²) in [6.45, 7) is 3.29. The molecule has 1 atom stereocenters. The van der Waals surface area contributed by atoms with Gasteiger partial charge >= 0.3 is 0 Å². The predicted molar refractivity (Wildman–Crippen MR) is 70.9 cm³/mol. The van der Waals surface area contributed by atoms with E-state index in [9.17, 15) is 0 Å². The van der Waals surface area contributed by atoms with Crippen molar-refractivity contribution in [3.8, 4) is 0 Å². The highest BCUT2D eigenvalue weighted by molar-refractivity contribution is 7.99. The third kappa shape index (κ3) is 3.51. The molecule has 0 spiro atoms. The zero-order valence-electron chi connectivity index (χ0n) is 9.29. The van der Waals surface area contributed by atoms with Gasteiger partial charge in [0.05, 0.1) is 0 Å². The zero-order valence-corrected chi connectivity index (χ0v) is 10.9. The van der Waals surface area contributed by atoms with Gasteiger partial charge in [-0.3, -0.25) is 0 Å². The summed E-state index contributed by atoms with van der Waals surface area (Å²) in [5, 5.41) is 3.66. The number of nitrogens with one attached hydrogen (secondary N) is 1. The Bertz CT molecular complexity index is 290. The summed E-state index contributed by atoms with van der Waals surface area (Å²) in [7, 11) is 0. The maximum atomic E-state index is 3.66. The van der Waals surface area contributed by atoms with Gasteiger partial charge in [-0.2, -0.15) is 11.8 Å². The van der Waals surface area contributed by atoms with Crippen molar-refractivity contribution in [3.63, 3.8) is 0 Å². The fourth-order valence-electron chi connectivity index (χ4n) is 1.85. The minimum atomic E-state index is 0.746. The summed E-state index contributed by atoms with van der Waals surface area (Å²) < 4.78 is 0. The first-order chi connectivity index (χ1) is 7.38. The topological polar surface area (TPSA) is 12.0 Å². The number of thiophene rings is 1. The minimum Gasteiger partial charge on any atom is -0.308 e. The van der Waals surface area contributed by atoms with Gasteiger partial charge in [-0.25, -0.2) is 0 Å². The SMILES string of the molecule is CCc1ccc(CNC2CCCSC2)s1. The van der Waals surface area contributed by atoms with Crippen molar-refractivity contribution in [3.05, 3.63) is 21.9 Å². The van der Waals surface area contributed by atoms with Crippen LogP contribution in [0.1, 0.15) is 29.5 Å². The van der Waals surface area contributed by atoms with Crippen LogP contribution in [0.5, 0.6) is 0 Å². The molecule has 84 valence electrons. The Morgan fingerprint density at radius 2 is 2.27 bits per heavy atom. The lowest BCUT2D eigenvalue weighted by molar-refractivity contribution is 0.510. The maximum absolute atomic E-state index is 3.66. The van der Waals surface area contributed by atoms with Crippen molar-refractivity contribution in [2.24, 2.45) is 0 Å². The van der Waals surface area contributed by atoms with Gasteiger partial charge in [0.2, 0.25) is 0 Å². The van der Waals surface area contributed by atoms with E-state index in [1.165, 1.54) is 40.5 Å². The Labute approximate surface area is 101 Å². The van der Waals surface area contributed by atoms with Crippen LogP contribution < -0.4 is 5.32 Å². The molecule has 1 N–H and O–H groups in total. The van der Waals surface area contributed by atoms with E-state index in [1.807, 2.05) is 11.3 Å². The van der Waals surface area contributed by atoms with Gasteiger partial charge in [0.1, 0.15) is 0 Å². The Morgan fingerprint density at radius 3 is 2.93 bits per heavy atom. The standard InChI is InChI=1S/C12H19NS2/c1-2-11-5-6-12(15-11)8-13-10-4-3-7-14-9-10/h5-6,10,13H,2-4,7-9H2,1H3. The lowest BCUT2D eigenvalue weighted by atomic mass is 10.2. The Hall–Kier alpha value is 0.01000. The smallest absolute Gasteiger partial charge is 0.0302 e. The Balaban J connectivity index is 1.76. The van der Waals surface area contributed by atoms with Crippen LogP contribution in [0.15, 0.2) is 12.1 Å². The summed E-state index contributed by atoms with van der Waals surface area (Å²) in [6.07, 6.45) is 3.91. The van der Waals surface area contributed by atoms with E-state index in [1.54, 1.807) is 0 Å². The fourth-order valence-corrected chi connectivity index (χ4v) is 3.87. The van der Waals surface area contributed by atoms with Gasteiger partial charge in [-0.05, 0) is 37.1 Å². The highest BCUT2D eigenvalue weighted by atomic mass is 32.2. The van der Waals surface area contributed by atoms with Gasteiger partial charge in [-0.15, -0.1) is 11.3 Å². The van der Waals surface area contributed by atoms with Crippen molar-refractivity contribution in [1.29, 1.82) is 0 Å². The van der Waals surface area contributed by atoms with E-state index in [-0.39, 0.29) is 0 Å². The Kier molecular flexibility index (Phi) is 4.54. The number of hydrogen-bond acceptors (Lipinski definition) is 3. The molecular formula is C12H19NS2. The fraction of sp³-hybridized carbons (Fsp3) is 0.667. The van der Waals surface area contributed by atoms with Gasteiger partial charge in [-0.1, -0.05) is 6.92 Å². The third-order valence-electron chi connectivity index (χ3n) is 2.79. The second-order valence-corrected chi connectivity index (χ2v) is 6.42. The Morgan fingerprint density at radius 1 is 1.40 bits per heavy atom. The van der Waals surface area contributed by atoms with E-state index < -0.39 is 0 Å². The second-order valence-electron chi connectivity index (χ2n) is 4.02. The van der Waals surface area contributed by atoms with E-state index in [4.69, 9.17) is 0 Å². The van der Waals surface area contributed by atoms with Crippen LogP contribution in [0.25, 0.3) is 0 Å². The van der Waals surface area contributed by atoms with E-state index >= 15 is 0 Å². The van der Waals surface area contributed by atoms with Crippen molar-refractivity contribution >= 4 is 23.1 Å². The number of thioether (sulfide) groups is 1. The van der Waals surface area contributed by atoms with Gasteiger partial charge in [0, 0.05) is 28.1 Å². The quantitative estimate of drug-likeness (QED) is 0.868. The van der Waals surface area contributed by atoms with Gasteiger partial charge < -0.3 is 5.32 Å². The molecule has 1 aromatic rings. The first-order valence-electron chi connectivity index (χ1n) is 5.77. The molecule has 0 bridgehead atoms. The average molecular weight is 241 g/mol. The van der Waals surface area contributed by atoms with Crippen molar-refractivity contribution in [1.82, 2.24) is 5.32 Å². The molecule has 0 radical (unpaired) electrons. The molecule has 1 saturated heterocycles. The summed E-state index contributed by atoms with van der Waals surface area (Å²) in [4.78, 5) is 2.99. The number of aryl methyl sites for hydroxylation is 1. The van der Waals surface area contributed by atoms with Gasteiger partial charge in [0.25, 0.3) is 0 Å². The van der Waals surface area contributed by atoms with Crippen LogP contribution in [0.3, 0.4) is 0 Å². The third-order valence-corrected chi connectivity index (χ3v) is 5.24. The number of hydrogen-bond donors (Lipinski definition) is 1. The molecule has 2 heterocycles. The molecule has 0 aromatic carbocycles. The molecular weight excluding hydrogens is 222 g/mol. The monoisotopic (exact) mass is 241 g/mol. The summed E-state index contributed by atoms with van der Waals surface area (Å²) >= 11 is 4.04. The molecule has 3 heteroatoms. The van der Waals surface area contributed by atoms with Crippen LogP contribution in [0.2, 0.25) is 0 Å². The molecule has 1 unspecified atom stereocenters. The highest BCUT2D eigenvalue weighted by Gasteiger charge is 2.12. The first kappa shape index (κ1) is 11.5. The summed E-state index contributed by atoms with van der Waals surface area (Å²) in [5.74, 6) is 2.66. The van der Waals surface area contributed by atoms with Crippen LogP contribution in [0, 0.1) is 0 Å². The largest absolute Gasteiger partial charge is 0.308 e. The molecule has 0 saturated carbocycles. The average Bonchev–Trinajstić information content (AvgIpc) is 2.76. The molecule has 1 fully saturated rings. The molecule has 1 nitrogen and oxygen atoms in total. The normalized spacial score (nSPS) is 21.8. The molecule has 0 amide bonds. The van der Waals surface area contributed by atoms with E-state index in [0.717, 1.165) is 12.6 Å². The van der Waals surface area contributed by atoms with Crippen LogP contribution >= 0.6 is 23.1 Å². The molecule has 1 aliphatic rings. The lowest BCUT2D eigenvalue weighted by Crippen LogP contribution is -2.32. The first-order valence-corrected chi connectivity index (χ1v) is 7.74. The van der Waals surface area contributed by atoms with Crippen LogP contribution in [-0.2, 0) is 13.0 Å². The molecule has 1 aromatic heterocycles. The molecule has 1 aliphatic heterocycles. The second kappa shape index (κ2) is 5.92.